The predicted octanol–water partition coefficient (Wildman–Crippen LogP) is 0.254. The van der Waals surface area contributed by atoms with E-state index in [0.717, 1.165) is 50.8 Å². The summed E-state index contributed by atoms with van der Waals surface area (Å²) in [4.78, 5) is 24.5. The summed E-state index contributed by atoms with van der Waals surface area (Å²) in [6.07, 6.45) is 3.52. The highest BCUT2D eigenvalue weighted by molar-refractivity contribution is 5.85. The third kappa shape index (κ3) is 2.86. The fourth-order valence-electron chi connectivity index (χ4n) is 2.59. The summed E-state index contributed by atoms with van der Waals surface area (Å²) < 4.78 is 0. The van der Waals surface area contributed by atoms with Gasteiger partial charge in [0.05, 0.1) is 5.69 Å². The number of amides is 1. The van der Waals surface area contributed by atoms with Crippen LogP contribution in [0, 0.1) is 0 Å². The average molecular weight is 298 g/mol. The molecule has 3 rings (SSSR count). The molecule has 0 bridgehead atoms. The van der Waals surface area contributed by atoms with Gasteiger partial charge >= 0.3 is 0 Å². The lowest BCUT2D eigenvalue weighted by molar-refractivity contribution is -0.129. The first-order chi connectivity index (χ1) is 9.25. The van der Waals surface area contributed by atoms with Crippen LogP contribution in [-0.4, -0.2) is 60.0 Å². The summed E-state index contributed by atoms with van der Waals surface area (Å²) in [5.41, 5.74) is 1.09. The number of hydrogen-bond donors (Lipinski definition) is 1. The summed E-state index contributed by atoms with van der Waals surface area (Å²) >= 11 is 0. The monoisotopic (exact) mass is 297 g/mol. The molecule has 1 N–H and O–H groups in total. The van der Waals surface area contributed by atoms with Gasteiger partial charge in [-0.2, -0.15) is 0 Å². The molecule has 0 radical (unpaired) electrons. The van der Waals surface area contributed by atoms with Crippen LogP contribution in [0.2, 0.25) is 0 Å². The average Bonchev–Trinajstić information content (AvgIpc) is 2.37. The zero-order valence-corrected chi connectivity index (χ0v) is 12.4. The van der Waals surface area contributed by atoms with Gasteiger partial charge in [-0.3, -0.25) is 9.78 Å². The van der Waals surface area contributed by atoms with Gasteiger partial charge in [-0.1, -0.05) is 0 Å². The van der Waals surface area contributed by atoms with Gasteiger partial charge in [0.15, 0.2) is 5.82 Å². The fraction of sp³-hybridized carbons (Fsp3) is 0.615. The maximum Gasteiger partial charge on any atom is 0.219 e. The molecule has 0 atom stereocenters. The Kier molecular flexibility index (Phi) is 4.77. The van der Waals surface area contributed by atoms with E-state index in [4.69, 9.17) is 0 Å². The topological polar surface area (TPSA) is 61.4 Å². The van der Waals surface area contributed by atoms with E-state index in [-0.39, 0.29) is 18.3 Å². The molecule has 3 heterocycles. The molecule has 110 valence electrons. The van der Waals surface area contributed by atoms with Gasteiger partial charge in [0.1, 0.15) is 0 Å². The van der Waals surface area contributed by atoms with E-state index >= 15 is 0 Å². The Morgan fingerprint density at radius 2 is 1.85 bits per heavy atom. The van der Waals surface area contributed by atoms with Crippen molar-refractivity contribution < 1.29 is 4.79 Å². The van der Waals surface area contributed by atoms with Gasteiger partial charge in [0.2, 0.25) is 5.91 Å². The number of nitrogens with one attached hydrogen (secondary N) is 1. The van der Waals surface area contributed by atoms with Crippen LogP contribution in [0.4, 0.5) is 5.82 Å². The molecular weight excluding hydrogens is 278 g/mol. The predicted molar refractivity (Wildman–Crippen MR) is 79.4 cm³/mol. The summed E-state index contributed by atoms with van der Waals surface area (Å²) in [6.45, 7) is 6.82. The SMILES string of the molecule is CC(=O)N1CCN(c2nccnc2C2CNC2)CC1.Cl. The molecule has 1 aromatic rings. The molecule has 0 spiro atoms. The summed E-state index contributed by atoms with van der Waals surface area (Å²) in [5, 5.41) is 3.27. The number of nitrogens with zero attached hydrogens (tertiary/aromatic N) is 4. The van der Waals surface area contributed by atoms with Crippen molar-refractivity contribution in [3.05, 3.63) is 18.1 Å². The molecule has 2 fully saturated rings. The summed E-state index contributed by atoms with van der Waals surface area (Å²) in [7, 11) is 0. The first-order valence-corrected chi connectivity index (χ1v) is 6.78. The lowest BCUT2D eigenvalue weighted by Gasteiger charge is -2.37. The van der Waals surface area contributed by atoms with Crippen molar-refractivity contribution in [1.82, 2.24) is 20.2 Å². The van der Waals surface area contributed by atoms with E-state index in [1.807, 2.05) is 4.90 Å². The first kappa shape index (κ1) is 15.0. The highest BCUT2D eigenvalue weighted by Crippen LogP contribution is 2.26. The Bertz CT molecular complexity index is 472. The molecule has 2 aliphatic heterocycles. The second kappa shape index (κ2) is 6.37. The Hall–Kier alpha value is -1.40. The Morgan fingerprint density at radius 1 is 1.20 bits per heavy atom. The molecular formula is C13H20ClN5O. The number of hydrogen-bond acceptors (Lipinski definition) is 5. The molecule has 6 nitrogen and oxygen atoms in total. The number of aromatic nitrogens is 2. The first-order valence-electron chi connectivity index (χ1n) is 6.78. The highest BCUT2D eigenvalue weighted by Gasteiger charge is 2.28. The van der Waals surface area contributed by atoms with Crippen LogP contribution >= 0.6 is 12.4 Å². The van der Waals surface area contributed by atoms with Gasteiger partial charge in [0.25, 0.3) is 0 Å². The van der Waals surface area contributed by atoms with Gasteiger partial charge in [-0.05, 0) is 0 Å². The normalized spacial score (nSPS) is 19.2. The molecule has 1 amide bonds. The van der Waals surface area contributed by atoms with Crippen LogP contribution in [0.5, 0.6) is 0 Å². The quantitative estimate of drug-likeness (QED) is 0.848. The van der Waals surface area contributed by atoms with Crippen molar-refractivity contribution in [1.29, 1.82) is 0 Å². The fourth-order valence-corrected chi connectivity index (χ4v) is 2.59. The number of anilines is 1. The van der Waals surface area contributed by atoms with Gasteiger partial charge in [-0.25, -0.2) is 4.98 Å². The standard InChI is InChI=1S/C13H19N5O.ClH/c1-10(19)17-4-6-18(7-5-17)13-12(11-8-14-9-11)15-2-3-16-13;/h2-3,11,14H,4-9H2,1H3;1H. The number of rotatable bonds is 2. The minimum atomic E-state index is 0. The van der Waals surface area contributed by atoms with E-state index in [1.165, 1.54) is 0 Å². The van der Waals surface area contributed by atoms with E-state index in [9.17, 15) is 4.79 Å². The van der Waals surface area contributed by atoms with Crippen molar-refractivity contribution in [2.75, 3.05) is 44.2 Å². The molecule has 0 aromatic carbocycles. The van der Waals surface area contributed by atoms with Crippen LogP contribution in [-0.2, 0) is 4.79 Å². The van der Waals surface area contributed by atoms with Crippen LogP contribution in [0.1, 0.15) is 18.5 Å². The number of piperazine rings is 1. The number of halogens is 1. The zero-order chi connectivity index (χ0) is 13.2. The molecule has 0 aliphatic carbocycles. The van der Waals surface area contributed by atoms with Crippen molar-refractivity contribution in [2.45, 2.75) is 12.8 Å². The maximum absolute atomic E-state index is 11.3. The van der Waals surface area contributed by atoms with E-state index in [0.29, 0.717) is 5.92 Å². The smallest absolute Gasteiger partial charge is 0.219 e. The zero-order valence-electron chi connectivity index (χ0n) is 11.6. The third-order valence-electron chi connectivity index (χ3n) is 3.90. The summed E-state index contributed by atoms with van der Waals surface area (Å²) in [6, 6.07) is 0. The molecule has 2 saturated heterocycles. The van der Waals surface area contributed by atoms with Crippen LogP contribution in [0.3, 0.4) is 0 Å². The molecule has 0 saturated carbocycles. The molecule has 2 aliphatic rings. The second-order valence-corrected chi connectivity index (χ2v) is 5.11. The molecule has 0 unspecified atom stereocenters. The Morgan fingerprint density at radius 3 is 2.40 bits per heavy atom. The summed E-state index contributed by atoms with van der Waals surface area (Å²) in [5.74, 6) is 1.63. The lowest BCUT2D eigenvalue weighted by atomic mass is 9.98. The van der Waals surface area contributed by atoms with Crippen LogP contribution in [0.15, 0.2) is 12.4 Å². The lowest BCUT2D eigenvalue weighted by Crippen LogP contribution is -2.49. The second-order valence-electron chi connectivity index (χ2n) is 5.11. The van der Waals surface area contributed by atoms with E-state index in [2.05, 4.69) is 20.2 Å². The minimum absolute atomic E-state index is 0. The van der Waals surface area contributed by atoms with Gasteiger partial charge in [0, 0.05) is 64.5 Å². The van der Waals surface area contributed by atoms with Crippen molar-refractivity contribution in [3.8, 4) is 0 Å². The van der Waals surface area contributed by atoms with E-state index < -0.39 is 0 Å². The van der Waals surface area contributed by atoms with Crippen LogP contribution < -0.4 is 10.2 Å². The number of carbonyl (C=O) groups is 1. The third-order valence-corrected chi connectivity index (χ3v) is 3.90. The minimum Gasteiger partial charge on any atom is -0.352 e. The highest BCUT2D eigenvalue weighted by atomic mass is 35.5. The largest absolute Gasteiger partial charge is 0.352 e. The van der Waals surface area contributed by atoms with Crippen LogP contribution in [0.25, 0.3) is 0 Å². The van der Waals surface area contributed by atoms with Gasteiger partial charge in [-0.15, -0.1) is 12.4 Å². The molecule has 20 heavy (non-hydrogen) atoms. The Labute approximate surface area is 125 Å². The maximum atomic E-state index is 11.3. The van der Waals surface area contributed by atoms with Crippen molar-refractivity contribution >= 4 is 24.1 Å². The molecule has 7 heteroatoms. The van der Waals surface area contributed by atoms with Crippen molar-refractivity contribution in [2.24, 2.45) is 0 Å². The van der Waals surface area contributed by atoms with Gasteiger partial charge < -0.3 is 15.1 Å². The Balaban J connectivity index is 0.00000147. The van der Waals surface area contributed by atoms with E-state index in [1.54, 1.807) is 19.3 Å². The van der Waals surface area contributed by atoms with Crippen molar-refractivity contribution in [3.63, 3.8) is 0 Å². The number of carbonyl (C=O) groups excluding carboxylic acids is 1. The molecule has 1 aromatic heterocycles.